The highest BCUT2D eigenvalue weighted by Crippen LogP contribution is 2.25. The van der Waals surface area contributed by atoms with Gasteiger partial charge in [0.15, 0.2) is 0 Å². The number of rotatable bonds is 5. The van der Waals surface area contributed by atoms with Crippen molar-refractivity contribution in [3.8, 4) is 0 Å². The summed E-state index contributed by atoms with van der Waals surface area (Å²) in [5.41, 5.74) is -0.635. The topological polar surface area (TPSA) is 49.3 Å². The monoisotopic (exact) mass is 185 g/mol. The van der Waals surface area contributed by atoms with Crippen molar-refractivity contribution in [2.75, 3.05) is 13.1 Å². The van der Waals surface area contributed by atoms with Gasteiger partial charge in [-0.25, -0.2) is 0 Å². The molecule has 76 valence electrons. The summed E-state index contributed by atoms with van der Waals surface area (Å²) in [6.45, 7) is 5.06. The van der Waals surface area contributed by atoms with Crippen molar-refractivity contribution in [2.24, 2.45) is 11.3 Å². The molecule has 13 heavy (non-hydrogen) atoms. The zero-order valence-electron chi connectivity index (χ0n) is 8.47. The van der Waals surface area contributed by atoms with Crippen molar-refractivity contribution in [1.29, 1.82) is 0 Å². The molecule has 0 aliphatic heterocycles. The highest BCUT2D eigenvalue weighted by atomic mass is 16.4. The van der Waals surface area contributed by atoms with E-state index in [4.69, 9.17) is 5.11 Å². The van der Waals surface area contributed by atoms with Crippen molar-refractivity contribution < 1.29 is 9.90 Å². The van der Waals surface area contributed by atoms with E-state index >= 15 is 0 Å². The lowest BCUT2D eigenvalue weighted by Gasteiger charge is -2.27. The second-order valence-corrected chi connectivity index (χ2v) is 4.62. The summed E-state index contributed by atoms with van der Waals surface area (Å²) < 4.78 is 0. The predicted octanol–water partition coefficient (Wildman–Crippen LogP) is 1.49. The van der Waals surface area contributed by atoms with Gasteiger partial charge in [0.1, 0.15) is 0 Å². The molecule has 0 unspecified atom stereocenters. The molecule has 1 saturated carbocycles. The highest BCUT2D eigenvalue weighted by molar-refractivity contribution is 5.73. The number of carbonyl (C=O) groups is 1. The molecule has 3 nitrogen and oxygen atoms in total. The van der Waals surface area contributed by atoms with Gasteiger partial charge in [-0.3, -0.25) is 4.79 Å². The largest absolute Gasteiger partial charge is 0.481 e. The standard InChI is InChI=1S/C10H19NO2/c1-10(2,9(12)13)7-11-6-8-4-3-5-8/h8,11H,3-7H2,1-2H3,(H,12,13). The van der Waals surface area contributed by atoms with Crippen LogP contribution in [0.15, 0.2) is 0 Å². The minimum absolute atomic E-state index is 0.568. The van der Waals surface area contributed by atoms with Crippen LogP contribution in [0.4, 0.5) is 0 Å². The van der Waals surface area contributed by atoms with Crippen LogP contribution >= 0.6 is 0 Å². The van der Waals surface area contributed by atoms with Gasteiger partial charge in [-0.15, -0.1) is 0 Å². The van der Waals surface area contributed by atoms with Gasteiger partial charge in [-0.1, -0.05) is 6.42 Å². The predicted molar refractivity (Wildman–Crippen MR) is 51.6 cm³/mol. The molecule has 1 fully saturated rings. The number of nitrogens with one attached hydrogen (secondary N) is 1. The maximum Gasteiger partial charge on any atom is 0.310 e. The Kier molecular flexibility index (Phi) is 3.31. The van der Waals surface area contributed by atoms with Crippen molar-refractivity contribution in [2.45, 2.75) is 33.1 Å². The Hall–Kier alpha value is -0.570. The lowest BCUT2D eigenvalue weighted by atomic mass is 9.85. The molecule has 0 aromatic heterocycles. The third-order valence-electron chi connectivity index (χ3n) is 2.80. The summed E-state index contributed by atoms with van der Waals surface area (Å²) in [5, 5.41) is 12.1. The Balaban J connectivity index is 2.13. The van der Waals surface area contributed by atoms with Gasteiger partial charge in [0.05, 0.1) is 5.41 Å². The van der Waals surface area contributed by atoms with Crippen LogP contribution in [0.5, 0.6) is 0 Å². The fourth-order valence-electron chi connectivity index (χ4n) is 1.36. The first kappa shape index (κ1) is 10.5. The molecule has 0 atom stereocenters. The van der Waals surface area contributed by atoms with Crippen LogP contribution in [-0.2, 0) is 4.79 Å². The summed E-state index contributed by atoms with van der Waals surface area (Å²) in [7, 11) is 0. The zero-order valence-corrected chi connectivity index (χ0v) is 8.47. The molecule has 0 spiro atoms. The Labute approximate surface area is 79.5 Å². The lowest BCUT2D eigenvalue weighted by Crippen LogP contribution is -2.39. The first-order valence-corrected chi connectivity index (χ1v) is 4.96. The molecule has 0 heterocycles. The number of carboxylic acids is 1. The van der Waals surface area contributed by atoms with Gasteiger partial charge in [0.2, 0.25) is 0 Å². The van der Waals surface area contributed by atoms with Crippen LogP contribution in [0, 0.1) is 11.3 Å². The quantitative estimate of drug-likeness (QED) is 0.682. The molecule has 1 rings (SSSR count). The number of aliphatic carboxylic acids is 1. The van der Waals surface area contributed by atoms with Crippen molar-refractivity contribution in [3.63, 3.8) is 0 Å². The van der Waals surface area contributed by atoms with Crippen LogP contribution in [0.3, 0.4) is 0 Å². The molecule has 1 aliphatic carbocycles. The summed E-state index contributed by atoms with van der Waals surface area (Å²) in [6, 6.07) is 0. The SMILES string of the molecule is CC(C)(CNCC1CCC1)C(=O)O. The second kappa shape index (κ2) is 4.09. The van der Waals surface area contributed by atoms with E-state index in [1.807, 2.05) is 0 Å². The maximum atomic E-state index is 10.7. The van der Waals surface area contributed by atoms with Crippen LogP contribution in [0.1, 0.15) is 33.1 Å². The molecule has 2 N–H and O–H groups in total. The summed E-state index contributed by atoms with van der Waals surface area (Å²) in [4.78, 5) is 10.7. The van der Waals surface area contributed by atoms with Crippen molar-refractivity contribution >= 4 is 5.97 Å². The number of hydrogen-bond acceptors (Lipinski definition) is 2. The maximum absolute atomic E-state index is 10.7. The second-order valence-electron chi connectivity index (χ2n) is 4.62. The average molecular weight is 185 g/mol. The smallest absolute Gasteiger partial charge is 0.310 e. The van der Waals surface area contributed by atoms with E-state index in [2.05, 4.69) is 5.32 Å². The third kappa shape index (κ3) is 2.99. The minimum Gasteiger partial charge on any atom is -0.481 e. The van der Waals surface area contributed by atoms with E-state index < -0.39 is 11.4 Å². The van der Waals surface area contributed by atoms with Crippen molar-refractivity contribution in [3.05, 3.63) is 0 Å². The van der Waals surface area contributed by atoms with E-state index in [1.165, 1.54) is 19.3 Å². The Morgan fingerprint density at radius 1 is 1.54 bits per heavy atom. The molecule has 0 aromatic rings. The Morgan fingerprint density at radius 3 is 2.54 bits per heavy atom. The third-order valence-corrected chi connectivity index (χ3v) is 2.80. The summed E-state index contributed by atoms with van der Waals surface area (Å²) >= 11 is 0. The van der Waals surface area contributed by atoms with E-state index in [1.54, 1.807) is 13.8 Å². The first-order valence-electron chi connectivity index (χ1n) is 4.96. The fourth-order valence-corrected chi connectivity index (χ4v) is 1.36. The molecular weight excluding hydrogens is 166 g/mol. The molecule has 1 aliphatic rings. The minimum atomic E-state index is -0.728. The van der Waals surface area contributed by atoms with E-state index in [9.17, 15) is 4.79 Å². The molecular formula is C10H19NO2. The van der Waals surface area contributed by atoms with Gasteiger partial charge in [0, 0.05) is 6.54 Å². The van der Waals surface area contributed by atoms with Crippen LogP contribution in [-0.4, -0.2) is 24.2 Å². The van der Waals surface area contributed by atoms with Gasteiger partial charge >= 0.3 is 5.97 Å². The van der Waals surface area contributed by atoms with Gasteiger partial charge < -0.3 is 10.4 Å². The normalized spacial score (nSPS) is 18.3. The number of carboxylic acid groups (broad SMARTS) is 1. The zero-order chi connectivity index (χ0) is 9.90. The van der Waals surface area contributed by atoms with E-state index in [-0.39, 0.29) is 0 Å². The molecule has 0 amide bonds. The lowest BCUT2D eigenvalue weighted by molar-refractivity contribution is -0.146. The van der Waals surface area contributed by atoms with E-state index in [0.717, 1.165) is 12.5 Å². The van der Waals surface area contributed by atoms with Gasteiger partial charge in [-0.2, -0.15) is 0 Å². The Bertz CT molecular complexity index is 185. The highest BCUT2D eigenvalue weighted by Gasteiger charge is 2.27. The Morgan fingerprint density at radius 2 is 2.15 bits per heavy atom. The molecule has 0 radical (unpaired) electrons. The molecule has 3 heteroatoms. The van der Waals surface area contributed by atoms with Crippen LogP contribution < -0.4 is 5.32 Å². The molecule has 0 aromatic carbocycles. The number of hydrogen-bond donors (Lipinski definition) is 2. The fraction of sp³-hybridized carbons (Fsp3) is 0.900. The van der Waals surface area contributed by atoms with Crippen LogP contribution in [0.25, 0.3) is 0 Å². The summed E-state index contributed by atoms with van der Waals surface area (Å²) in [6.07, 6.45) is 3.95. The summed E-state index contributed by atoms with van der Waals surface area (Å²) in [5.74, 6) is 0.0678. The van der Waals surface area contributed by atoms with Gasteiger partial charge in [-0.05, 0) is 39.2 Å². The van der Waals surface area contributed by atoms with E-state index in [0.29, 0.717) is 6.54 Å². The average Bonchev–Trinajstić information content (AvgIpc) is 1.94. The van der Waals surface area contributed by atoms with Crippen molar-refractivity contribution in [1.82, 2.24) is 5.32 Å². The van der Waals surface area contributed by atoms with Crippen LogP contribution in [0.2, 0.25) is 0 Å². The molecule has 0 bridgehead atoms. The first-order chi connectivity index (χ1) is 6.02. The van der Waals surface area contributed by atoms with Gasteiger partial charge in [0.25, 0.3) is 0 Å². The molecule has 0 saturated heterocycles.